The lowest BCUT2D eigenvalue weighted by atomic mass is 10.0. The number of aromatic nitrogens is 6. The van der Waals surface area contributed by atoms with Crippen LogP contribution in [0.1, 0.15) is 0 Å². The molecule has 6 rings (SSSR count). The van der Waals surface area contributed by atoms with Crippen molar-refractivity contribution in [2.45, 2.75) is 0 Å². The molecule has 0 aliphatic heterocycles. The minimum Gasteiger partial charge on any atom is -0.335 e. The Hall–Kier alpha value is -3.84. The Kier molecular flexibility index (Phi) is 3.54. The van der Waals surface area contributed by atoms with Crippen LogP contribution in [0.4, 0.5) is 0 Å². The second kappa shape index (κ2) is 6.35. The number of benzene rings is 1. The Morgan fingerprint density at radius 3 is 2.66 bits per heavy atom. The van der Waals surface area contributed by atoms with Crippen LogP contribution in [0.2, 0.25) is 0 Å². The summed E-state index contributed by atoms with van der Waals surface area (Å²) in [6.07, 6.45) is 5.39. The molecule has 0 aliphatic rings. The molecule has 138 valence electrons. The van der Waals surface area contributed by atoms with E-state index < -0.39 is 0 Å². The zero-order valence-electron chi connectivity index (χ0n) is 15.1. The summed E-state index contributed by atoms with van der Waals surface area (Å²) >= 11 is 1.67. The SMILES string of the molecule is c1cc(-c2ccc3[nH]nc(-c4nc5nccc(-c6ccsc6)c5[nH]4)c3c2)ccn1. The number of H-pyrrole nitrogens is 2. The number of fused-ring (bicyclic) bond motifs is 2. The minimum atomic E-state index is 0.685. The van der Waals surface area contributed by atoms with E-state index in [1.807, 2.05) is 24.3 Å². The number of pyridine rings is 2. The fourth-order valence-corrected chi connectivity index (χ4v) is 4.26. The van der Waals surface area contributed by atoms with Gasteiger partial charge in [-0.2, -0.15) is 16.4 Å². The molecule has 0 atom stereocenters. The molecule has 5 aromatic heterocycles. The van der Waals surface area contributed by atoms with E-state index in [0.717, 1.165) is 44.4 Å². The van der Waals surface area contributed by atoms with E-state index in [9.17, 15) is 0 Å². The minimum absolute atomic E-state index is 0.685. The number of nitrogens with zero attached hydrogens (tertiary/aromatic N) is 4. The summed E-state index contributed by atoms with van der Waals surface area (Å²) in [6, 6.07) is 14.4. The van der Waals surface area contributed by atoms with Gasteiger partial charge in [-0.15, -0.1) is 0 Å². The Balaban J connectivity index is 1.53. The molecule has 6 nitrogen and oxygen atoms in total. The number of imidazole rings is 1. The summed E-state index contributed by atoms with van der Waals surface area (Å²) in [5, 5.41) is 12.8. The van der Waals surface area contributed by atoms with Crippen LogP contribution < -0.4 is 0 Å². The quantitative estimate of drug-likeness (QED) is 0.427. The molecule has 29 heavy (non-hydrogen) atoms. The van der Waals surface area contributed by atoms with Crippen molar-refractivity contribution in [2.75, 3.05) is 0 Å². The predicted octanol–water partition coefficient (Wildman–Crippen LogP) is 5.29. The summed E-state index contributed by atoms with van der Waals surface area (Å²) in [6.45, 7) is 0. The first kappa shape index (κ1) is 16.1. The van der Waals surface area contributed by atoms with E-state index in [4.69, 9.17) is 4.98 Å². The maximum Gasteiger partial charge on any atom is 0.178 e. The average molecular weight is 394 g/mol. The largest absolute Gasteiger partial charge is 0.335 e. The number of nitrogens with one attached hydrogen (secondary N) is 2. The third kappa shape index (κ3) is 2.63. The third-order valence-corrected chi connectivity index (χ3v) is 5.71. The van der Waals surface area contributed by atoms with Crippen molar-refractivity contribution in [1.82, 2.24) is 30.1 Å². The second-order valence-corrected chi connectivity index (χ2v) is 7.50. The molecule has 0 bridgehead atoms. The van der Waals surface area contributed by atoms with Crippen LogP contribution in [0.3, 0.4) is 0 Å². The number of thiophene rings is 1. The highest BCUT2D eigenvalue weighted by molar-refractivity contribution is 7.08. The van der Waals surface area contributed by atoms with Gasteiger partial charge in [0, 0.05) is 29.5 Å². The maximum absolute atomic E-state index is 4.72. The van der Waals surface area contributed by atoms with Gasteiger partial charge in [0.25, 0.3) is 0 Å². The lowest BCUT2D eigenvalue weighted by molar-refractivity contribution is 1.10. The van der Waals surface area contributed by atoms with E-state index >= 15 is 0 Å². The van der Waals surface area contributed by atoms with E-state index in [1.165, 1.54) is 0 Å². The van der Waals surface area contributed by atoms with Crippen molar-refractivity contribution in [1.29, 1.82) is 0 Å². The van der Waals surface area contributed by atoms with Gasteiger partial charge in [0.05, 0.1) is 11.0 Å². The summed E-state index contributed by atoms with van der Waals surface area (Å²) in [5.74, 6) is 0.702. The molecule has 7 heteroatoms. The molecule has 2 N–H and O–H groups in total. The van der Waals surface area contributed by atoms with Gasteiger partial charge in [0.1, 0.15) is 5.69 Å². The summed E-state index contributed by atoms with van der Waals surface area (Å²) in [5.41, 5.74) is 7.81. The zero-order valence-corrected chi connectivity index (χ0v) is 15.9. The molecule has 6 aromatic rings. The monoisotopic (exact) mass is 394 g/mol. The van der Waals surface area contributed by atoms with Gasteiger partial charge >= 0.3 is 0 Å². The molecule has 5 heterocycles. The first-order chi connectivity index (χ1) is 14.4. The third-order valence-electron chi connectivity index (χ3n) is 5.03. The molecular weight excluding hydrogens is 380 g/mol. The normalized spacial score (nSPS) is 11.4. The molecule has 0 aliphatic carbocycles. The first-order valence-electron chi connectivity index (χ1n) is 9.13. The lowest BCUT2D eigenvalue weighted by Crippen LogP contribution is -1.83. The topological polar surface area (TPSA) is 83.1 Å². The smallest absolute Gasteiger partial charge is 0.178 e. The van der Waals surface area contributed by atoms with Crippen molar-refractivity contribution in [2.24, 2.45) is 0 Å². The van der Waals surface area contributed by atoms with Gasteiger partial charge in [-0.05, 0) is 63.8 Å². The van der Waals surface area contributed by atoms with Crippen LogP contribution in [0.25, 0.3) is 55.8 Å². The van der Waals surface area contributed by atoms with Crippen molar-refractivity contribution in [3.05, 3.63) is 71.8 Å². The first-order valence-corrected chi connectivity index (χ1v) is 10.1. The standard InChI is InChI=1S/C22H14N6S/c1-2-18-17(11-14(1)13-3-7-23-8-4-13)20(28-27-18)22-25-19-16(15-6-10-29-12-15)5-9-24-21(19)26-22/h1-12H,(H,27,28)(H,24,25,26). The number of aromatic amines is 2. The fraction of sp³-hybridized carbons (Fsp3) is 0. The maximum atomic E-state index is 4.72. The fourth-order valence-electron chi connectivity index (χ4n) is 3.60. The Morgan fingerprint density at radius 2 is 1.79 bits per heavy atom. The molecule has 1 aromatic carbocycles. The van der Waals surface area contributed by atoms with Crippen molar-refractivity contribution in [3.8, 4) is 33.8 Å². The van der Waals surface area contributed by atoms with Crippen LogP contribution in [-0.2, 0) is 0 Å². The van der Waals surface area contributed by atoms with Crippen LogP contribution in [-0.4, -0.2) is 30.1 Å². The number of rotatable bonds is 3. The van der Waals surface area contributed by atoms with Gasteiger partial charge in [0.2, 0.25) is 0 Å². The Labute approximate surface area is 169 Å². The van der Waals surface area contributed by atoms with Crippen LogP contribution in [0, 0.1) is 0 Å². The molecule has 0 amide bonds. The molecule has 0 saturated carbocycles. The Bertz CT molecular complexity index is 1450. The van der Waals surface area contributed by atoms with Gasteiger partial charge < -0.3 is 4.98 Å². The molecule has 0 spiro atoms. The van der Waals surface area contributed by atoms with Crippen molar-refractivity contribution < 1.29 is 0 Å². The van der Waals surface area contributed by atoms with E-state index in [1.54, 1.807) is 29.9 Å². The van der Waals surface area contributed by atoms with Gasteiger partial charge in [-0.1, -0.05) is 6.07 Å². The molecule has 0 radical (unpaired) electrons. The predicted molar refractivity (Wildman–Crippen MR) is 116 cm³/mol. The highest BCUT2D eigenvalue weighted by Crippen LogP contribution is 2.32. The summed E-state index contributed by atoms with van der Waals surface area (Å²) in [4.78, 5) is 16.7. The van der Waals surface area contributed by atoms with Crippen molar-refractivity contribution in [3.63, 3.8) is 0 Å². The highest BCUT2D eigenvalue weighted by Gasteiger charge is 2.16. The van der Waals surface area contributed by atoms with Gasteiger partial charge in [-0.25, -0.2) is 9.97 Å². The molecule has 0 fully saturated rings. The van der Waals surface area contributed by atoms with Gasteiger partial charge in [-0.3, -0.25) is 10.1 Å². The van der Waals surface area contributed by atoms with E-state index in [-0.39, 0.29) is 0 Å². The van der Waals surface area contributed by atoms with Crippen LogP contribution in [0.5, 0.6) is 0 Å². The van der Waals surface area contributed by atoms with E-state index in [0.29, 0.717) is 11.5 Å². The lowest BCUT2D eigenvalue weighted by Gasteiger charge is -2.01. The van der Waals surface area contributed by atoms with Crippen LogP contribution >= 0.6 is 11.3 Å². The summed E-state index contributed by atoms with van der Waals surface area (Å²) < 4.78 is 0. The van der Waals surface area contributed by atoms with Crippen molar-refractivity contribution >= 4 is 33.4 Å². The number of hydrogen-bond donors (Lipinski definition) is 2. The van der Waals surface area contributed by atoms with Gasteiger partial charge in [0.15, 0.2) is 11.5 Å². The number of hydrogen-bond acceptors (Lipinski definition) is 5. The van der Waals surface area contributed by atoms with E-state index in [2.05, 4.69) is 54.1 Å². The highest BCUT2D eigenvalue weighted by atomic mass is 32.1. The zero-order chi connectivity index (χ0) is 19.2. The Morgan fingerprint density at radius 1 is 0.862 bits per heavy atom. The molecule has 0 unspecified atom stereocenters. The summed E-state index contributed by atoms with van der Waals surface area (Å²) in [7, 11) is 0. The van der Waals surface area contributed by atoms with Crippen LogP contribution in [0.15, 0.2) is 71.8 Å². The molecule has 0 saturated heterocycles. The molecular formula is C22H14N6S. The second-order valence-electron chi connectivity index (χ2n) is 6.72. The average Bonchev–Trinajstić information content (AvgIpc) is 3.52.